The van der Waals surface area contributed by atoms with Gasteiger partial charge < -0.3 is 5.32 Å². The molecule has 3 nitrogen and oxygen atoms in total. The second-order valence-corrected chi connectivity index (χ2v) is 5.74. The van der Waals surface area contributed by atoms with Gasteiger partial charge in [0.15, 0.2) is 0 Å². The molecule has 1 amide bonds. The molecule has 0 fully saturated rings. The lowest BCUT2D eigenvalue weighted by molar-refractivity contribution is -0.115. The first-order valence-corrected chi connectivity index (χ1v) is 7.42. The first kappa shape index (κ1) is 13.1. The predicted molar refractivity (Wildman–Crippen MR) is 73.8 cm³/mol. The topological polar surface area (TPSA) is 52.9 Å². The van der Waals surface area contributed by atoms with Gasteiger partial charge in [-0.15, -0.1) is 11.3 Å². The lowest BCUT2D eigenvalue weighted by atomic mass is 9.97. The molecule has 0 aliphatic heterocycles. The molecule has 1 N–H and O–H groups in total. The SMILES string of the molecule is CCC(=O)Nc1sc2c(c1C#N)CCCCCC2. The van der Waals surface area contributed by atoms with Crippen LogP contribution in [-0.2, 0) is 17.6 Å². The van der Waals surface area contributed by atoms with E-state index >= 15 is 0 Å². The first-order chi connectivity index (χ1) is 8.76. The molecule has 96 valence electrons. The fourth-order valence-corrected chi connectivity index (χ4v) is 3.60. The molecule has 0 spiro atoms. The van der Waals surface area contributed by atoms with Gasteiger partial charge in [-0.1, -0.05) is 19.8 Å². The molecule has 0 radical (unpaired) electrons. The summed E-state index contributed by atoms with van der Waals surface area (Å²) in [6.07, 6.45) is 7.35. The molecule has 0 saturated carbocycles. The standard InChI is InChI=1S/C14H18N2OS/c1-2-13(17)16-14-11(9-15)10-7-5-3-4-6-8-12(10)18-14/h2-8H2,1H3,(H,16,17). The molecule has 0 bridgehead atoms. The maximum atomic E-state index is 11.5. The van der Waals surface area contributed by atoms with Crippen molar-refractivity contribution in [2.24, 2.45) is 0 Å². The van der Waals surface area contributed by atoms with Gasteiger partial charge in [-0.2, -0.15) is 5.26 Å². The normalized spacial score (nSPS) is 15.1. The third-order valence-electron chi connectivity index (χ3n) is 3.36. The molecule has 4 heteroatoms. The molecule has 0 atom stereocenters. The van der Waals surface area contributed by atoms with Crippen molar-refractivity contribution in [3.8, 4) is 6.07 Å². The first-order valence-electron chi connectivity index (χ1n) is 6.60. The van der Waals surface area contributed by atoms with Crippen LogP contribution in [-0.4, -0.2) is 5.91 Å². The van der Waals surface area contributed by atoms with Gasteiger partial charge in [0.2, 0.25) is 5.91 Å². The van der Waals surface area contributed by atoms with Crippen molar-refractivity contribution in [2.75, 3.05) is 5.32 Å². The average Bonchev–Trinajstić information content (AvgIpc) is 2.65. The van der Waals surface area contributed by atoms with Gasteiger partial charge in [0.1, 0.15) is 11.1 Å². The number of aryl methyl sites for hydroxylation is 1. The number of carbonyl (C=O) groups excluding carboxylic acids is 1. The highest BCUT2D eigenvalue weighted by atomic mass is 32.1. The quantitative estimate of drug-likeness (QED) is 0.884. The number of nitriles is 1. The van der Waals surface area contributed by atoms with Crippen molar-refractivity contribution in [3.05, 3.63) is 16.0 Å². The molecule has 1 aromatic rings. The second kappa shape index (κ2) is 6.01. The van der Waals surface area contributed by atoms with Crippen LogP contribution in [0.2, 0.25) is 0 Å². The number of hydrogen-bond donors (Lipinski definition) is 1. The molecular weight excluding hydrogens is 244 g/mol. The number of anilines is 1. The van der Waals surface area contributed by atoms with Gasteiger partial charge in [0.25, 0.3) is 0 Å². The molecule has 0 aromatic carbocycles. The van der Waals surface area contributed by atoms with Gasteiger partial charge in [-0.25, -0.2) is 0 Å². The van der Waals surface area contributed by atoms with Gasteiger partial charge in [-0.05, 0) is 31.2 Å². The molecule has 1 aliphatic rings. The van der Waals surface area contributed by atoms with E-state index in [4.69, 9.17) is 0 Å². The Bertz CT molecular complexity index is 485. The summed E-state index contributed by atoms with van der Waals surface area (Å²) < 4.78 is 0. The van der Waals surface area contributed by atoms with Crippen LogP contribution in [0.25, 0.3) is 0 Å². The summed E-state index contributed by atoms with van der Waals surface area (Å²) in [5, 5.41) is 12.9. The van der Waals surface area contributed by atoms with Gasteiger partial charge in [-0.3, -0.25) is 4.79 Å². The van der Waals surface area contributed by atoms with Crippen LogP contribution < -0.4 is 5.32 Å². The minimum atomic E-state index is -0.0132. The highest BCUT2D eigenvalue weighted by Crippen LogP contribution is 2.36. The van der Waals surface area contributed by atoms with E-state index in [0.29, 0.717) is 12.0 Å². The Kier molecular flexibility index (Phi) is 4.38. The summed E-state index contributed by atoms with van der Waals surface area (Å²) in [5.41, 5.74) is 1.90. The van der Waals surface area contributed by atoms with Crippen molar-refractivity contribution in [2.45, 2.75) is 51.9 Å². The van der Waals surface area contributed by atoms with E-state index in [2.05, 4.69) is 11.4 Å². The van der Waals surface area contributed by atoms with Gasteiger partial charge in [0, 0.05) is 11.3 Å². The number of hydrogen-bond acceptors (Lipinski definition) is 3. The van der Waals surface area contributed by atoms with Crippen molar-refractivity contribution in [1.29, 1.82) is 5.26 Å². The number of fused-ring (bicyclic) bond motifs is 1. The second-order valence-electron chi connectivity index (χ2n) is 4.64. The lowest BCUT2D eigenvalue weighted by Gasteiger charge is -2.08. The number of rotatable bonds is 2. The minimum Gasteiger partial charge on any atom is -0.317 e. The van der Waals surface area contributed by atoms with E-state index in [9.17, 15) is 10.1 Å². The largest absolute Gasteiger partial charge is 0.317 e. The highest BCUT2D eigenvalue weighted by molar-refractivity contribution is 7.16. The van der Waals surface area contributed by atoms with E-state index in [-0.39, 0.29) is 5.91 Å². The van der Waals surface area contributed by atoms with Crippen LogP contribution in [0.1, 0.15) is 55.0 Å². The van der Waals surface area contributed by atoms with Crippen molar-refractivity contribution < 1.29 is 4.79 Å². The minimum absolute atomic E-state index is 0.0132. The monoisotopic (exact) mass is 262 g/mol. The van der Waals surface area contributed by atoms with Crippen molar-refractivity contribution in [3.63, 3.8) is 0 Å². The number of carbonyl (C=O) groups is 1. The fourth-order valence-electron chi connectivity index (χ4n) is 2.34. The number of nitrogens with zero attached hydrogens (tertiary/aromatic N) is 1. The molecule has 1 aliphatic carbocycles. The van der Waals surface area contributed by atoms with Gasteiger partial charge in [0.05, 0.1) is 5.56 Å². The van der Waals surface area contributed by atoms with Crippen LogP contribution in [0.15, 0.2) is 0 Å². The summed E-state index contributed by atoms with van der Waals surface area (Å²) in [6, 6.07) is 2.28. The number of amides is 1. The third kappa shape index (κ3) is 2.73. The maximum absolute atomic E-state index is 11.5. The Morgan fingerprint density at radius 1 is 1.33 bits per heavy atom. The highest BCUT2D eigenvalue weighted by Gasteiger charge is 2.19. The Hall–Kier alpha value is -1.34. The summed E-state index contributed by atoms with van der Waals surface area (Å²) >= 11 is 1.60. The molecular formula is C14H18N2OS. The fraction of sp³-hybridized carbons (Fsp3) is 0.571. The maximum Gasteiger partial charge on any atom is 0.224 e. The zero-order valence-electron chi connectivity index (χ0n) is 10.7. The Morgan fingerprint density at radius 2 is 2.06 bits per heavy atom. The van der Waals surface area contributed by atoms with Crippen molar-refractivity contribution in [1.82, 2.24) is 0 Å². The molecule has 0 unspecified atom stereocenters. The molecule has 2 rings (SSSR count). The summed E-state index contributed by atoms with van der Waals surface area (Å²) in [5.74, 6) is -0.0132. The molecule has 18 heavy (non-hydrogen) atoms. The molecule has 1 heterocycles. The van der Waals surface area contributed by atoms with E-state index in [1.165, 1.54) is 29.7 Å². The van der Waals surface area contributed by atoms with Crippen LogP contribution in [0.3, 0.4) is 0 Å². The molecule has 0 saturated heterocycles. The van der Waals surface area contributed by atoms with Crippen LogP contribution in [0, 0.1) is 11.3 Å². The van der Waals surface area contributed by atoms with Crippen LogP contribution in [0.5, 0.6) is 0 Å². The zero-order valence-corrected chi connectivity index (χ0v) is 11.5. The number of thiophene rings is 1. The van der Waals surface area contributed by atoms with Crippen molar-refractivity contribution >= 4 is 22.2 Å². The van der Waals surface area contributed by atoms with Gasteiger partial charge >= 0.3 is 0 Å². The van der Waals surface area contributed by atoms with E-state index in [1.807, 2.05) is 6.92 Å². The Morgan fingerprint density at radius 3 is 2.72 bits per heavy atom. The Labute approximate surface area is 112 Å². The van der Waals surface area contributed by atoms with E-state index in [0.717, 1.165) is 24.3 Å². The van der Waals surface area contributed by atoms with E-state index in [1.54, 1.807) is 11.3 Å². The summed E-state index contributed by atoms with van der Waals surface area (Å²) in [4.78, 5) is 12.8. The lowest BCUT2D eigenvalue weighted by Crippen LogP contribution is -2.09. The predicted octanol–water partition coefficient (Wildman–Crippen LogP) is 3.63. The zero-order chi connectivity index (χ0) is 13.0. The molecule has 1 aromatic heterocycles. The van der Waals surface area contributed by atoms with Crippen LogP contribution in [0.4, 0.5) is 5.00 Å². The number of nitrogens with one attached hydrogen (secondary N) is 1. The summed E-state index contributed by atoms with van der Waals surface area (Å²) in [7, 11) is 0. The smallest absolute Gasteiger partial charge is 0.224 e. The third-order valence-corrected chi connectivity index (χ3v) is 4.56. The van der Waals surface area contributed by atoms with E-state index < -0.39 is 0 Å². The summed E-state index contributed by atoms with van der Waals surface area (Å²) in [6.45, 7) is 1.82. The Balaban J connectivity index is 2.33. The average molecular weight is 262 g/mol. The van der Waals surface area contributed by atoms with Crippen LogP contribution >= 0.6 is 11.3 Å².